The Balaban J connectivity index is 1.43. The number of nitro benzene ring substituents is 1. The summed E-state index contributed by atoms with van der Waals surface area (Å²) in [7, 11) is 0. The molecular formula is C28H23N3O4S. The van der Waals surface area contributed by atoms with Crippen LogP contribution in [0.5, 0.6) is 0 Å². The Morgan fingerprint density at radius 1 is 0.806 bits per heavy atom. The average Bonchev–Trinajstić information content (AvgIpc) is 2.91. The molecule has 0 fully saturated rings. The van der Waals surface area contributed by atoms with E-state index >= 15 is 0 Å². The first-order valence-electron chi connectivity index (χ1n) is 11.2. The van der Waals surface area contributed by atoms with Crippen LogP contribution in [0.3, 0.4) is 0 Å². The van der Waals surface area contributed by atoms with Crippen LogP contribution in [-0.2, 0) is 4.79 Å². The number of carbonyl (C=O) groups excluding carboxylic acids is 2. The maximum atomic E-state index is 13.5. The van der Waals surface area contributed by atoms with Crippen molar-refractivity contribution in [2.75, 3.05) is 10.2 Å². The molecule has 0 radical (unpaired) electrons. The molecule has 1 atom stereocenters. The molecule has 36 heavy (non-hydrogen) atoms. The van der Waals surface area contributed by atoms with Gasteiger partial charge >= 0.3 is 0 Å². The Labute approximate surface area is 212 Å². The molecule has 7 nitrogen and oxygen atoms in total. The van der Waals surface area contributed by atoms with E-state index in [9.17, 15) is 19.7 Å². The summed E-state index contributed by atoms with van der Waals surface area (Å²) in [6.07, 6.45) is 0. The van der Waals surface area contributed by atoms with E-state index in [1.165, 1.54) is 36.0 Å². The highest BCUT2D eigenvalue weighted by Gasteiger charge is 2.24. The Morgan fingerprint density at radius 2 is 1.33 bits per heavy atom. The maximum Gasteiger partial charge on any atom is 0.269 e. The van der Waals surface area contributed by atoms with Crippen LogP contribution in [-0.4, -0.2) is 22.0 Å². The van der Waals surface area contributed by atoms with E-state index < -0.39 is 4.92 Å². The minimum atomic E-state index is -0.511. The van der Waals surface area contributed by atoms with Crippen molar-refractivity contribution < 1.29 is 14.5 Å². The van der Waals surface area contributed by atoms with E-state index in [0.717, 1.165) is 16.3 Å². The number of hydrogen-bond acceptors (Lipinski definition) is 5. The number of thioether (sulfide) groups is 1. The lowest BCUT2D eigenvalue weighted by Gasteiger charge is -2.26. The first-order chi connectivity index (χ1) is 17.4. The van der Waals surface area contributed by atoms with Crippen molar-refractivity contribution in [2.24, 2.45) is 0 Å². The van der Waals surface area contributed by atoms with Crippen molar-refractivity contribution in [2.45, 2.75) is 17.1 Å². The molecule has 4 rings (SSSR count). The zero-order valence-electron chi connectivity index (χ0n) is 19.4. The first kappa shape index (κ1) is 24.7. The van der Waals surface area contributed by atoms with Gasteiger partial charge in [-0.1, -0.05) is 36.4 Å². The molecule has 8 heteroatoms. The second kappa shape index (κ2) is 11.3. The fourth-order valence-corrected chi connectivity index (χ4v) is 4.46. The van der Waals surface area contributed by atoms with Crippen molar-refractivity contribution in [3.05, 3.63) is 125 Å². The number of nitrogens with zero attached hydrogens (tertiary/aromatic N) is 2. The number of nitro groups is 1. The molecule has 0 aliphatic heterocycles. The number of nitrogens with one attached hydrogen (secondary N) is 1. The first-order valence-corrected chi connectivity index (χ1v) is 12.1. The molecule has 0 spiro atoms. The van der Waals surface area contributed by atoms with E-state index in [-0.39, 0.29) is 22.8 Å². The molecule has 4 aromatic carbocycles. The van der Waals surface area contributed by atoms with Crippen LogP contribution in [0.25, 0.3) is 0 Å². The lowest BCUT2D eigenvalue weighted by atomic mass is 10.2. The smallest absolute Gasteiger partial charge is 0.269 e. The van der Waals surface area contributed by atoms with E-state index in [2.05, 4.69) is 5.32 Å². The minimum absolute atomic E-state index is 0.0482. The molecule has 0 heterocycles. The van der Waals surface area contributed by atoms with Crippen LogP contribution in [0.15, 0.2) is 114 Å². The molecule has 180 valence electrons. The summed E-state index contributed by atoms with van der Waals surface area (Å²) in [6, 6.07) is 31.7. The third-order valence-electron chi connectivity index (χ3n) is 5.36. The van der Waals surface area contributed by atoms with Crippen LogP contribution in [0.2, 0.25) is 0 Å². The lowest BCUT2D eigenvalue weighted by molar-refractivity contribution is -0.384. The fraction of sp³-hybridized carbons (Fsp3) is 0.0714. The molecule has 0 aliphatic carbocycles. The van der Waals surface area contributed by atoms with Crippen LogP contribution >= 0.6 is 11.8 Å². The molecule has 0 saturated carbocycles. The number of carbonyl (C=O) groups is 2. The summed E-state index contributed by atoms with van der Waals surface area (Å²) in [6.45, 7) is 1.87. The van der Waals surface area contributed by atoms with E-state index in [1.54, 1.807) is 17.0 Å². The molecule has 0 bridgehead atoms. The van der Waals surface area contributed by atoms with E-state index in [0.29, 0.717) is 11.3 Å². The molecular weight excluding hydrogens is 474 g/mol. The zero-order valence-corrected chi connectivity index (χ0v) is 20.2. The van der Waals surface area contributed by atoms with Crippen LogP contribution in [0.4, 0.5) is 22.7 Å². The second-order valence-corrected chi connectivity index (χ2v) is 9.30. The summed E-state index contributed by atoms with van der Waals surface area (Å²) < 4.78 is 0. The van der Waals surface area contributed by atoms with Gasteiger partial charge in [0.25, 0.3) is 11.6 Å². The second-order valence-electron chi connectivity index (χ2n) is 7.89. The number of non-ortho nitro benzene ring substituents is 1. The highest BCUT2D eigenvalue weighted by Crippen LogP contribution is 2.31. The number of rotatable bonds is 8. The highest BCUT2D eigenvalue weighted by molar-refractivity contribution is 8.00. The lowest BCUT2D eigenvalue weighted by Crippen LogP contribution is -2.32. The Bertz CT molecular complexity index is 1310. The van der Waals surface area contributed by atoms with Gasteiger partial charge in [-0.25, -0.2) is 0 Å². The normalized spacial score (nSPS) is 11.4. The summed E-state index contributed by atoms with van der Waals surface area (Å²) in [4.78, 5) is 38.8. The van der Waals surface area contributed by atoms with Gasteiger partial charge in [-0.05, 0) is 67.6 Å². The highest BCUT2D eigenvalue weighted by atomic mass is 32.2. The number of para-hydroxylation sites is 2. The Morgan fingerprint density at radius 3 is 1.83 bits per heavy atom. The summed E-state index contributed by atoms with van der Waals surface area (Å²) in [5.41, 5.74) is 2.42. The van der Waals surface area contributed by atoms with E-state index in [4.69, 9.17) is 0 Å². The van der Waals surface area contributed by atoms with Gasteiger partial charge in [0.2, 0.25) is 5.91 Å². The number of anilines is 3. The van der Waals surface area contributed by atoms with Crippen molar-refractivity contribution in [1.82, 2.24) is 0 Å². The number of hydrogen-bond donors (Lipinski definition) is 1. The molecule has 0 aromatic heterocycles. The number of benzene rings is 4. The van der Waals surface area contributed by atoms with Gasteiger partial charge in [-0.2, -0.15) is 0 Å². The largest absolute Gasteiger partial charge is 0.322 e. The summed E-state index contributed by atoms with van der Waals surface area (Å²) in [5.74, 6) is -0.414. The minimum Gasteiger partial charge on any atom is -0.322 e. The van der Waals surface area contributed by atoms with E-state index in [1.807, 2.05) is 79.7 Å². The third-order valence-corrected chi connectivity index (χ3v) is 6.46. The molecule has 1 N–H and O–H groups in total. The van der Waals surface area contributed by atoms with Gasteiger partial charge in [0.15, 0.2) is 0 Å². The van der Waals surface area contributed by atoms with Gasteiger partial charge in [0, 0.05) is 39.7 Å². The molecule has 4 aromatic rings. The van der Waals surface area contributed by atoms with Gasteiger partial charge in [0.1, 0.15) is 0 Å². The predicted molar refractivity (Wildman–Crippen MR) is 143 cm³/mol. The molecule has 1 unspecified atom stereocenters. The Hall–Kier alpha value is -4.43. The van der Waals surface area contributed by atoms with Gasteiger partial charge in [0.05, 0.1) is 10.2 Å². The third kappa shape index (κ3) is 5.97. The SMILES string of the molecule is CC(Sc1ccc(NC(=O)c2ccc([N+](=O)[O-])cc2)cc1)C(=O)N(c1ccccc1)c1ccccc1. The van der Waals surface area contributed by atoms with Crippen molar-refractivity contribution in [1.29, 1.82) is 0 Å². The quantitative estimate of drug-likeness (QED) is 0.166. The van der Waals surface area contributed by atoms with Crippen LogP contribution in [0, 0.1) is 10.1 Å². The fourth-order valence-electron chi connectivity index (χ4n) is 3.55. The summed E-state index contributed by atoms with van der Waals surface area (Å²) >= 11 is 1.43. The number of amides is 2. The monoisotopic (exact) mass is 497 g/mol. The zero-order chi connectivity index (χ0) is 25.5. The van der Waals surface area contributed by atoms with Crippen molar-refractivity contribution >= 4 is 46.3 Å². The van der Waals surface area contributed by atoms with Crippen molar-refractivity contribution in [3.8, 4) is 0 Å². The topological polar surface area (TPSA) is 92.5 Å². The van der Waals surface area contributed by atoms with Crippen LogP contribution in [0.1, 0.15) is 17.3 Å². The predicted octanol–water partition coefficient (Wildman–Crippen LogP) is 6.69. The molecule has 0 saturated heterocycles. The van der Waals surface area contributed by atoms with Gasteiger partial charge in [-0.3, -0.25) is 24.6 Å². The Kier molecular flexibility index (Phi) is 7.77. The van der Waals surface area contributed by atoms with Gasteiger partial charge < -0.3 is 5.32 Å². The van der Waals surface area contributed by atoms with Gasteiger partial charge in [-0.15, -0.1) is 11.8 Å². The maximum absolute atomic E-state index is 13.5. The standard InChI is InChI=1S/C28H23N3O4S/c1-20(28(33)30(23-8-4-2-5-9-23)24-10-6-3-7-11-24)36-26-18-14-22(15-19-26)29-27(32)21-12-16-25(17-13-21)31(34)35/h2-20H,1H3,(H,29,32). The molecule has 0 aliphatic rings. The summed E-state index contributed by atoms with van der Waals surface area (Å²) in [5, 5.41) is 13.2. The average molecular weight is 498 g/mol. The molecule has 2 amide bonds. The van der Waals surface area contributed by atoms with Crippen molar-refractivity contribution in [3.63, 3.8) is 0 Å². The van der Waals surface area contributed by atoms with Crippen LogP contribution < -0.4 is 10.2 Å².